The molecule has 0 spiro atoms. The largest absolute Gasteiger partial charge is 1.00 e. The van der Waals surface area contributed by atoms with Crippen LogP contribution in [0.4, 0.5) is 17.1 Å². The number of nitro groups is 1. The summed E-state index contributed by atoms with van der Waals surface area (Å²) in [5.74, 6) is -0.980. The SMILES string of the molecule is Cc1nn(-c2ccccc2)c(=O)[c-]1N=Nc1cc(S(=O)(=O)O)cc([N+](=O)[O-])c1O.NCCO.O.[Cr].[H+]. The maximum atomic E-state index is 12.5. The fourth-order valence-electron chi connectivity index (χ4n) is 2.40. The third-order valence-corrected chi connectivity index (χ3v) is 4.74. The summed E-state index contributed by atoms with van der Waals surface area (Å²) in [7, 11) is -4.82. The van der Waals surface area contributed by atoms with Gasteiger partial charge in [0.25, 0.3) is 10.1 Å². The van der Waals surface area contributed by atoms with Gasteiger partial charge in [0, 0.05) is 30.0 Å². The minimum atomic E-state index is -4.82. The van der Waals surface area contributed by atoms with Gasteiger partial charge in [-0.2, -0.15) is 13.5 Å². The summed E-state index contributed by atoms with van der Waals surface area (Å²) < 4.78 is 32.9. The molecule has 7 N–H and O–H groups in total. The number of benzene rings is 2. The number of phenols is 1. The van der Waals surface area contributed by atoms with Gasteiger partial charge in [-0.05, 0) is 18.2 Å². The van der Waals surface area contributed by atoms with Crippen molar-refractivity contribution in [2.75, 3.05) is 13.2 Å². The number of nitrogens with zero attached hydrogens (tertiary/aromatic N) is 5. The Bertz CT molecular complexity index is 1350. The molecule has 0 aliphatic carbocycles. The number of para-hydroxylation sites is 1. The average molecular weight is 550 g/mol. The number of aromatic nitrogens is 2. The number of aliphatic hydroxyl groups is 1. The van der Waals surface area contributed by atoms with E-state index in [1.807, 2.05) is 0 Å². The van der Waals surface area contributed by atoms with E-state index < -0.39 is 42.6 Å². The summed E-state index contributed by atoms with van der Waals surface area (Å²) in [6.45, 7) is 1.95. The Morgan fingerprint density at radius 2 is 1.86 bits per heavy atom. The molecule has 0 unspecified atom stereocenters. The first kappa shape index (κ1) is 31.6. The van der Waals surface area contributed by atoms with Crippen LogP contribution in [0.3, 0.4) is 0 Å². The van der Waals surface area contributed by atoms with Gasteiger partial charge in [0.15, 0.2) is 0 Å². The van der Waals surface area contributed by atoms with E-state index in [0.717, 1.165) is 4.68 Å². The number of hydrogen-bond acceptors (Lipinski definition) is 11. The van der Waals surface area contributed by atoms with E-state index in [1.165, 1.54) is 6.92 Å². The molecule has 15 nitrogen and oxygen atoms in total. The van der Waals surface area contributed by atoms with Crippen molar-refractivity contribution in [3.05, 3.63) is 68.6 Å². The number of nitrogens with two attached hydrogens (primary N) is 1. The maximum Gasteiger partial charge on any atom is 1.00 e. The molecular formula is C18H22CrN6O9S. The molecule has 2 aromatic carbocycles. The summed E-state index contributed by atoms with van der Waals surface area (Å²) in [6.07, 6.45) is 0. The molecule has 17 heteroatoms. The predicted molar refractivity (Wildman–Crippen MR) is 120 cm³/mol. The normalized spacial score (nSPS) is 10.6. The van der Waals surface area contributed by atoms with Crippen molar-refractivity contribution in [1.29, 1.82) is 0 Å². The van der Waals surface area contributed by atoms with Gasteiger partial charge >= 0.3 is 7.11 Å². The van der Waals surface area contributed by atoms with E-state index in [-0.39, 0.29) is 42.3 Å². The van der Waals surface area contributed by atoms with E-state index in [1.54, 1.807) is 30.3 Å². The zero-order chi connectivity index (χ0) is 24.8. The van der Waals surface area contributed by atoms with Gasteiger partial charge in [-0.15, -0.1) is 5.69 Å². The zero-order valence-electron chi connectivity index (χ0n) is 19.0. The van der Waals surface area contributed by atoms with Crippen LogP contribution in [0.25, 0.3) is 5.69 Å². The molecule has 0 aliphatic heterocycles. The van der Waals surface area contributed by atoms with Crippen LogP contribution in [0.5, 0.6) is 5.75 Å². The first-order valence-electron chi connectivity index (χ1n) is 9.04. The molecule has 35 heavy (non-hydrogen) atoms. The minimum Gasteiger partial charge on any atom is -0.501 e. The fraction of sp³-hybridized carbons (Fsp3) is 0.167. The van der Waals surface area contributed by atoms with Crippen molar-refractivity contribution in [3.8, 4) is 11.4 Å². The average Bonchev–Trinajstić information content (AvgIpc) is 3.06. The first-order valence-corrected chi connectivity index (χ1v) is 10.5. The van der Waals surface area contributed by atoms with Crippen LogP contribution in [-0.4, -0.2) is 56.5 Å². The number of aryl methyl sites for hydroxylation is 1. The fourth-order valence-corrected chi connectivity index (χ4v) is 2.93. The van der Waals surface area contributed by atoms with E-state index in [2.05, 4.69) is 15.3 Å². The molecule has 3 rings (SSSR count). The molecule has 1 aromatic heterocycles. The molecule has 3 aromatic rings. The molecule has 0 saturated heterocycles. The van der Waals surface area contributed by atoms with Gasteiger partial charge in [-0.3, -0.25) is 14.7 Å². The zero-order valence-corrected chi connectivity index (χ0v) is 20.1. The number of aliphatic hydroxyl groups excluding tert-OH is 1. The molecule has 0 fully saturated rings. The summed E-state index contributed by atoms with van der Waals surface area (Å²) in [5, 5.41) is 40.1. The smallest absolute Gasteiger partial charge is 0.501 e. The molecule has 0 bridgehead atoms. The van der Waals surface area contributed by atoms with E-state index in [0.29, 0.717) is 24.4 Å². The second kappa shape index (κ2) is 13.5. The third-order valence-electron chi connectivity index (χ3n) is 3.91. The maximum absolute atomic E-state index is 12.5. The van der Waals surface area contributed by atoms with Crippen LogP contribution in [-0.2, 0) is 27.5 Å². The van der Waals surface area contributed by atoms with Crippen molar-refractivity contribution >= 4 is 27.2 Å². The number of rotatable bonds is 6. The third kappa shape index (κ3) is 7.80. The number of aromatic hydroxyl groups is 1. The Kier molecular flexibility index (Phi) is 12.1. The Balaban J connectivity index is 0. The van der Waals surface area contributed by atoms with E-state index in [9.17, 15) is 28.4 Å². The topological polar surface area (TPSA) is 255 Å². The van der Waals surface area contributed by atoms with Crippen molar-refractivity contribution < 1.29 is 52.4 Å². The van der Waals surface area contributed by atoms with Gasteiger partial charge < -0.3 is 31.3 Å². The summed E-state index contributed by atoms with van der Waals surface area (Å²) in [5.41, 5.74) is 2.94. The van der Waals surface area contributed by atoms with Crippen LogP contribution >= 0.6 is 0 Å². The van der Waals surface area contributed by atoms with Crippen molar-refractivity contribution in [3.63, 3.8) is 0 Å². The summed E-state index contributed by atoms with van der Waals surface area (Å²) >= 11 is 0. The summed E-state index contributed by atoms with van der Waals surface area (Å²) in [4.78, 5) is 21.6. The number of nitro benzene ring substituents is 1. The van der Waals surface area contributed by atoms with Crippen LogP contribution in [0.15, 0.2) is 62.4 Å². The molecular weight excluding hydrogens is 528 g/mol. The number of phenolic OH excluding ortho intramolecular Hbond substituents is 1. The molecule has 0 saturated carbocycles. The molecule has 0 radical (unpaired) electrons. The van der Waals surface area contributed by atoms with Gasteiger partial charge in [-0.1, -0.05) is 30.8 Å². The standard InChI is InChI=1S/C16H12N5O7S.C2H7NO.Cr.H2O/c1-9-14(16(23)20(19-9)10-5-3-2-4-6-10)18-17-12-7-11(29(26,27)28)8-13(15(12)22)21(24)25;3-1-2-4;;/h2-8,22H,1H3,(H,26,27,28);4H,1-3H2;;1H2/q-1;;;/p+1. The van der Waals surface area contributed by atoms with Gasteiger partial charge in [0.1, 0.15) is 16.1 Å². The number of hydrogen-bond donors (Lipinski definition) is 4. The quantitative estimate of drug-likeness (QED) is 0.110. The Hall–Kier alpha value is -3.43. The Morgan fingerprint density at radius 3 is 2.34 bits per heavy atom. The minimum absolute atomic E-state index is 0. The second-order valence-electron chi connectivity index (χ2n) is 6.24. The van der Waals surface area contributed by atoms with Crippen molar-refractivity contribution in [1.82, 2.24) is 9.78 Å². The van der Waals surface area contributed by atoms with Gasteiger partial charge in [-0.25, -0.2) is 9.78 Å². The van der Waals surface area contributed by atoms with Gasteiger partial charge in [0.05, 0.1) is 17.2 Å². The Labute approximate surface area is 210 Å². The Morgan fingerprint density at radius 1 is 1.29 bits per heavy atom. The number of azo groups is 1. The molecule has 190 valence electrons. The second-order valence-corrected chi connectivity index (χ2v) is 7.66. The molecule has 0 aliphatic rings. The predicted octanol–water partition coefficient (Wildman–Crippen LogP) is 0.758. The van der Waals surface area contributed by atoms with Crippen molar-refractivity contribution in [2.45, 2.75) is 11.8 Å². The van der Waals surface area contributed by atoms with Crippen LogP contribution < -0.4 is 11.3 Å². The first-order chi connectivity index (χ1) is 15.5. The van der Waals surface area contributed by atoms with Gasteiger partial charge in [0.2, 0.25) is 5.75 Å². The monoisotopic (exact) mass is 550 g/mol. The molecule has 0 amide bonds. The van der Waals surface area contributed by atoms with E-state index >= 15 is 0 Å². The van der Waals surface area contributed by atoms with Crippen LogP contribution in [0.2, 0.25) is 0 Å². The van der Waals surface area contributed by atoms with Crippen LogP contribution in [0.1, 0.15) is 7.12 Å². The van der Waals surface area contributed by atoms with Crippen LogP contribution in [0, 0.1) is 17.0 Å². The molecule has 1 heterocycles. The van der Waals surface area contributed by atoms with Crippen molar-refractivity contribution in [2.24, 2.45) is 16.0 Å². The van der Waals surface area contributed by atoms with E-state index in [4.69, 9.17) is 15.4 Å². The molecule has 0 atom stereocenters. The summed E-state index contributed by atoms with van der Waals surface area (Å²) in [6, 6.07) is 9.59.